The first-order valence-corrected chi connectivity index (χ1v) is 12.2. The van der Waals surface area contributed by atoms with Crippen LogP contribution in [0.5, 0.6) is 0 Å². The molecule has 2 amide bonds. The van der Waals surface area contributed by atoms with E-state index in [4.69, 9.17) is 4.74 Å². The van der Waals surface area contributed by atoms with Crippen molar-refractivity contribution in [2.45, 2.75) is 50.8 Å². The third-order valence-corrected chi connectivity index (χ3v) is 7.05. The maximum absolute atomic E-state index is 13.5. The molecule has 0 bridgehead atoms. The molecule has 9 nitrogen and oxygen atoms in total. The van der Waals surface area contributed by atoms with E-state index in [1.807, 2.05) is 18.4 Å². The van der Waals surface area contributed by atoms with Gasteiger partial charge in [0.05, 0.1) is 28.5 Å². The average Bonchev–Trinajstić information content (AvgIpc) is 3.47. The van der Waals surface area contributed by atoms with Gasteiger partial charge in [-0.25, -0.2) is 19.2 Å². The minimum absolute atomic E-state index is 0.00224. The van der Waals surface area contributed by atoms with Crippen molar-refractivity contribution < 1.29 is 18.7 Å². The summed E-state index contributed by atoms with van der Waals surface area (Å²) >= 11 is 1.40. The van der Waals surface area contributed by atoms with Crippen molar-refractivity contribution in [3.8, 4) is 0 Å². The van der Waals surface area contributed by atoms with E-state index < -0.39 is 11.9 Å². The number of nitrogens with zero attached hydrogens (tertiary/aromatic N) is 4. The molecule has 5 rings (SSSR count). The number of likely N-dealkylation sites (tertiary alicyclic amines) is 1. The summed E-state index contributed by atoms with van der Waals surface area (Å²) in [5, 5.41) is 7.84. The molecule has 1 saturated carbocycles. The quantitative estimate of drug-likeness (QED) is 0.546. The molecular formula is C23H25FN6O3S. The molecule has 4 heterocycles. The molecule has 1 saturated heterocycles. The van der Waals surface area contributed by atoms with E-state index >= 15 is 0 Å². The Bertz CT molecular complexity index is 1210. The highest BCUT2D eigenvalue weighted by Crippen LogP contribution is 2.27. The van der Waals surface area contributed by atoms with Gasteiger partial charge >= 0.3 is 6.09 Å². The van der Waals surface area contributed by atoms with Crippen LogP contribution in [0.4, 0.5) is 15.1 Å². The Labute approximate surface area is 199 Å². The molecule has 3 aromatic rings. The molecule has 0 spiro atoms. The third kappa shape index (κ3) is 4.79. The number of alkyl carbamates (subject to hydrolysis) is 1. The summed E-state index contributed by atoms with van der Waals surface area (Å²) in [5.41, 5.74) is 1.60. The van der Waals surface area contributed by atoms with Crippen LogP contribution in [0.1, 0.15) is 54.7 Å². The molecule has 178 valence electrons. The van der Waals surface area contributed by atoms with Gasteiger partial charge in [0.15, 0.2) is 5.69 Å². The number of fused-ring (bicyclic) bond motifs is 1. The Balaban J connectivity index is 1.25. The summed E-state index contributed by atoms with van der Waals surface area (Å²) in [5.74, 6) is -0.370. The predicted octanol–water partition coefficient (Wildman–Crippen LogP) is 3.89. The van der Waals surface area contributed by atoms with Gasteiger partial charge in [-0.3, -0.25) is 9.78 Å². The Morgan fingerprint density at radius 3 is 2.79 bits per heavy atom. The summed E-state index contributed by atoms with van der Waals surface area (Å²) in [6.07, 6.45) is 6.31. The van der Waals surface area contributed by atoms with Crippen LogP contribution in [0.15, 0.2) is 29.9 Å². The second kappa shape index (κ2) is 9.49. The maximum Gasteiger partial charge on any atom is 0.407 e. The summed E-state index contributed by atoms with van der Waals surface area (Å²) in [4.78, 5) is 39.8. The number of anilines is 1. The van der Waals surface area contributed by atoms with Gasteiger partial charge in [0.1, 0.15) is 11.9 Å². The summed E-state index contributed by atoms with van der Waals surface area (Å²) in [6.45, 7) is 2.63. The van der Waals surface area contributed by atoms with E-state index in [0.29, 0.717) is 34.6 Å². The lowest BCUT2D eigenvalue weighted by Crippen LogP contribution is -2.61. The van der Waals surface area contributed by atoms with Crippen molar-refractivity contribution in [2.75, 3.05) is 18.4 Å². The Kier molecular flexibility index (Phi) is 6.27. The molecule has 2 fully saturated rings. The first-order valence-electron chi connectivity index (χ1n) is 11.3. The molecule has 1 atom stereocenters. The van der Waals surface area contributed by atoms with E-state index in [0.717, 1.165) is 31.9 Å². The predicted molar refractivity (Wildman–Crippen MR) is 125 cm³/mol. The molecule has 1 aliphatic heterocycles. The van der Waals surface area contributed by atoms with Gasteiger partial charge in [0, 0.05) is 19.3 Å². The van der Waals surface area contributed by atoms with Gasteiger partial charge in [-0.1, -0.05) is 0 Å². The van der Waals surface area contributed by atoms with Crippen LogP contribution in [0.25, 0.3) is 10.2 Å². The Morgan fingerprint density at radius 2 is 2.03 bits per heavy atom. The zero-order chi connectivity index (χ0) is 23.7. The number of amides is 2. The number of nitrogens with one attached hydrogen (secondary N) is 2. The standard InChI is InChI=1S/C23H25FN6O3S/c1-13(14-8-15(24)10-25-9-14)26-22-28-18-6-7-34-20(18)19(29-22)21(31)30-11-16(12-30)27-23(32)33-17-4-2-3-5-17/h6-10,13,16-17H,2-5,11-12H2,1H3,(H,27,32)(H,26,28,29)/t13-/m0/s1. The minimum Gasteiger partial charge on any atom is -0.446 e. The van der Waals surface area contributed by atoms with Crippen molar-refractivity contribution in [1.29, 1.82) is 0 Å². The zero-order valence-corrected chi connectivity index (χ0v) is 19.5. The number of rotatable bonds is 6. The van der Waals surface area contributed by atoms with Crippen molar-refractivity contribution in [1.82, 2.24) is 25.2 Å². The maximum atomic E-state index is 13.5. The van der Waals surface area contributed by atoms with Crippen LogP contribution in [-0.4, -0.2) is 57.1 Å². The Morgan fingerprint density at radius 1 is 1.24 bits per heavy atom. The van der Waals surface area contributed by atoms with Crippen molar-refractivity contribution in [2.24, 2.45) is 0 Å². The van der Waals surface area contributed by atoms with E-state index in [2.05, 4.69) is 25.6 Å². The fourth-order valence-corrected chi connectivity index (χ4v) is 5.07. The van der Waals surface area contributed by atoms with Crippen LogP contribution < -0.4 is 10.6 Å². The molecule has 0 unspecified atom stereocenters. The summed E-state index contributed by atoms with van der Waals surface area (Å²) < 4.78 is 19.7. The van der Waals surface area contributed by atoms with Crippen LogP contribution in [-0.2, 0) is 4.74 Å². The lowest BCUT2D eigenvalue weighted by Gasteiger charge is -2.39. The van der Waals surface area contributed by atoms with Crippen LogP contribution >= 0.6 is 11.3 Å². The first kappa shape index (κ1) is 22.5. The number of halogens is 1. The Hall–Kier alpha value is -3.34. The molecule has 0 aromatic carbocycles. The number of carbonyl (C=O) groups is 2. The summed E-state index contributed by atoms with van der Waals surface area (Å²) in [6, 6.07) is 2.77. The molecule has 34 heavy (non-hydrogen) atoms. The van der Waals surface area contributed by atoms with Crippen LogP contribution in [0.2, 0.25) is 0 Å². The van der Waals surface area contributed by atoms with E-state index in [1.165, 1.54) is 17.4 Å². The number of ether oxygens (including phenoxy) is 1. The number of hydrogen-bond donors (Lipinski definition) is 2. The molecule has 11 heteroatoms. The number of hydrogen-bond acceptors (Lipinski definition) is 8. The number of carbonyl (C=O) groups excluding carboxylic acids is 2. The highest BCUT2D eigenvalue weighted by Gasteiger charge is 2.35. The van der Waals surface area contributed by atoms with Crippen molar-refractivity contribution in [3.63, 3.8) is 0 Å². The van der Waals surface area contributed by atoms with Gasteiger partial charge in [-0.05, 0) is 55.7 Å². The molecule has 1 aliphatic carbocycles. The highest BCUT2D eigenvalue weighted by atomic mass is 32.1. The smallest absolute Gasteiger partial charge is 0.407 e. The van der Waals surface area contributed by atoms with Crippen LogP contribution in [0, 0.1) is 5.82 Å². The SMILES string of the molecule is C[C@H](Nc1nc(C(=O)N2CC(NC(=O)OC3CCCC3)C2)c2sccc2n1)c1cncc(F)c1. The number of pyridine rings is 1. The van der Waals surface area contributed by atoms with Gasteiger partial charge in [-0.15, -0.1) is 11.3 Å². The fourth-order valence-electron chi connectivity index (χ4n) is 4.26. The largest absolute Gasteiger partial charge is 0.446 e. The van der Waals surface area contributed by atoms with Crippen molar-refractivity contribution in [3.05, 3.63) is 47.0 Å². The number of aromatic nitrogens is 3. The summed E-state index contributed by atoms with van der Waals surface area (Å²) in [7, 11) is 0. The highest BCUT2D eigenvalue weighted by molar-refractivity contribution is 7.17. The second-order valence-electron chi connectivity index (χ2n) is 8.70. The zero-order valence-electron chi connectivity index (χ0n) is 18.7. The fraction of sp³-hybridized carbons (Fsp3) is 0.435. The van der Waals surface area contributed by atoms with E-state index in [-0.39, 0.29) is 30.0 Å². The van der Waals surface area contributed by atoms with Crippen LogP contribution in [0.3, 0.4) is 0 Å². The molecule has 0 radical (unpaired) electrons. The number of thiophene rings is 1. The molecular weight excluding hydrogens is 459 g/mol. The lowest BCUT2D eigenvalue weighted by atomic mass is 10.1. The second-order valence-corrected chi connectivity index (χ2v) is 9.61. The first-order chi connectivity index (χ1) is 16.5. The molecule has 2 aliphatic rings. The molecule has 3 aromatic heterocycles. The van der Waals surface area contributed by atoms with Gasteiger partial charge in [0.2, 0.25) is 5.95 Å². The monoisotopic (exact) mass is 484 g/mol. The van der Waals surface area contributed by atoms with E-state index in [9.17, 15) is 14.0 Å². The van der Waals surface area contributed by atoms with E-state index in [1.54, 1.807) is 11.1 Å². The minimum atomic E-state index is -0.427. The molecule has 2 N–H and O–H groups in total. The average molecular weight is 485 g/mol. The van der Waals surface area contributed by atoms with Gasteiger partial charge < -0.3 is 20.3 Å². The lowest BCUT2D eigenvalue weighted by molar-refractivity contribution is 0.0512. The van der Waals surface area contributed by atoms with Crippen molar-refractivity contribution >= 4 is 39.5 Å². The topological polar surface area (TPSA) is 109 Å². The third-order valence-electron chi connectivity index (χ3n) is 6.14. The normalized spacial score (nSPS) is 17.4. The van der Waals surface area contributed by atoms with Gasteiger partial charge in [-0.2, -0.15) is 0 Å². The van der Waals surface area contributed by atoms with Gasteiger partial charge in [0.25, 0.3) is 5.91 Å².